The van der Waals surface area contributed by atoms with E-state index in [-0.39, 0.29) is 11.7 Å². The number of nitrogens with one attached hydrogen (secondary N) is 1. The summed E-state index contributed by atoms with van der Waals surface area (Å²) in [5.74, 6) is 0.780. The van der Waals surface area contributed by atoms with E-state index in [0.29, 0.717) is 16.8 Å². The second-order valence-corrected chi connectivity index (χ2v) is 8.24. The number of amides is 1. The molecular weight excluding hydrogens is 394 g/mol. The highest BCUT2D eigenvalue weighted by atomic mass is 32.2. The molecule has 8 nitrogen and oxygen atoms in total. The molecule has 0 radical (unpaired) electrons. The van der Waals surface area contributed by atoms with E-state index in [1.165, 1.54) is 23.1 Å². The van der Waals surface area contributed by atoms with Gasteiger partial charge in [0.25, 0.3) is 0 Å². The number of aromatic nitrogens is 5. The van der Waals surface area contributed by atoms with Gasteiger partial charge in [0, 0.05) is 31.9 Å². The highest BCUT2D eigenvalue weighted by Gasteiger charge is 2.16. The fraction of sp³-hybridized carbons (Fsp3) is 0.278. The van der Waals surface area contributed by atoms with Gasteiger partial charge in [-0.2, -0.15) is 0 Å². The minimum atomic E-state index is -0.162. The maximum absolute atomic E-state index is 12.2. The lowest BCUT2D eigenvalue weighted by atomic mass is 10.2. The van der Waals surface area contributed by atoms with E-state index in [1.807, 2.05) is 48.7 Å². The normalized spacial score (nSPS) is 10.7. The summed E-state index contributed by atoms with van der Waals surface area (Å²) in [5, 5.41) is 21.1. The Hall–Kier alpha value is -2.72. The molecule has 0 aliphatic heterocycles. The largest absolute Gasteiger partial charge is 0.378 e. The quantitative estimate of drug-likeness (QED) is 0.447. The molecule has 0 spiro atoms. The van der Waals surface area contributed by atoms with Crippen LogP contribution in [0.4, 0.5) is 10.8 Å². The van der Waals surface area contributed by atoms with Crippen molar-refractivity contribution in [2.24, 2.45) is 0 Å². The molecule has 0 atom stereocenters. The Morgan fingerprint density at radius 3 is 2.82 bits per heavy atom. The first kappa shape index (κ1) is 20.0. The first-order valence-electron chi connectivity index (χ1n) is 8.52. The Morgan fingerprint density at radius 1 is 1.32 bits per heavy atom. The van der Waals surface area contributed by atoms with Crippen LogP contribution in [0.25, 0.3) is 11.4 Å². The van der Waals surface area contributed by atoms with Gasteiger partial charge in [0.2, 0.25) is 11.0 Å². The number of carbonyl (C=O) groups excluding carboxylic acids is 1. The van der Waals surface area contributed by atoms with Crippen molar-refractivity contribution in [1.82, 2.24) is 25.0 Å². The maximum Gasteiger partial charge on any atom is 0.236 e. The Kier molecular flexibility index (Phi) is 6.42. The van der Waals surface area contributed by atoms with Gasteiger partial charge >= 0.3 is 0 Å². The molecule has 0 aliphatic rings. The van der Waals surface area contributed by atoms with Crippen LogP contribution >= 0.6 is 23.1 Å². The average molecular weight is 416 g/mol. The molecule has 146 valence electrons. The van der Waals surface area contributed by atoms with Crippen LogP contribution in [-0.4, -0.2) is 50.7 Å². The Labute approximate surface area is 171 Å². The number of rotatable bonds is 8. The summed E-state index contributed by atoms with van der Waals surface area (Å²) in [4.78, 5) is 14.2. The second kappa shape index (κ2) is 8.98. The number of hydrogen-bond acceptors (Lipinski definition) is 8. The van der Waals surface area contributed by atoms with Gasteiger partial charge in [-0.25, -0.2) is 0 Å². The molecule has 3 rings (SSSR count). The van der Waals surface area contributed by atoms with E-state index >= 15 is 0 Å². The molecule has 1 amide bonds. The fourth-order valence-electron chi connectivity index (χ4n) is 2.46. The van der Waals surface area contributed by atoms with Crippen molar-refractivity contribution in [2.75, 3.05) is 30.1 Å². The van der Waals surface area contributed by atoms with Gasteiger partial charge in [-0.1, -0.05) is 41.3 Å². The zero-order valence-electron chi connectivity index (χ0n) is 15.9. The Bertz CT molecular complexity index is 980. The summed E-state index contributed by atoms with van der Waals surface area (Å²) in [6.45, 7) is 6.21. The number of hydrogen-bond donors (Lipinski definition) is 1. The van der Waals surface area contributed by atoms with E-state index in [2.05, 4.69) is 38.4 Å². The smallest absolute Gasteiger partial charge is 0.236 e. The van der Waals surface area contributed by atoms with Crippen molar-refractivity contribution in [3.8, 4) is 11.4 Å². The summed E-state index contributed by atoms with van der Waals surface area (Å²) in [6.07, 6.45) is 1.79. The van der Waals surface area contributed by atoms with Crippen molar-refractivity contribution < 1.29 is 4.79 Å². The first-order chi connectivity index (χ1) is 13.5. The van der Waals surface area contributed by atoms with E-state index in [4.69, 9.17) is 0 Å². The molecule has 0 bridgehead atoms. The molecule has 1 N–H and O–H groups in total. The number of anilines is 2. The number of aryl methyl sites for hydroxylation is 1. The number of allylic oxidation sites excluding steroid dienone is 1. The third-order valence-corrected chi connectivity index (χ3v) is 5.47. The van der Waals surface area contributed by atoms with E-state index in [1.54, 1.807) is 6.08 Å². The summed E-state index contributed by atoms with van der Waals surface area (Å²) >= 11 is 2.66. The zero-order valence-corrected chi connectivity index (χ0v) is 17.5. The molecule has 2 heterocycles. The standard InChI is InChI=1S/C18H21N7OS2/c1-5-9-25-16(13-7-6-8-14(10-13)24(3)4)21-23-18(25)27-11-15(26)19-17-22-20-12(2)28-17/h5-8,10H,1,9,11H2,2-4H3,(H,19,22,26). The number of carbonyl (C=O) groups is 1. The van der Waals surface area contributed by atoms with Crippen LogP contribution < -0.4 is 10.2 Å². The Morgan fingerprint density at radius 2 is 2.14 bits per heavy atom. The van der Waals surface area contributed by atoms with Gasteiger partial charge in [-0.15, -0.1) is 27.0 Å². The van der Waals surface area contributed by atoms with Crippen molar-refractivity contribution in [3.05, 3.63) is 41.9 Å². The average Bonchev–Trinajstić information content (AvgIpc) is 3.26. The predicted octanol–water partition coefficient (Wildman–Crippen LogP) is 3.09. The Balaban J connectivity index is 1.76. The molecule has 0 fully saturated rings. The first-order valence-corrected chi connectivity index (χ1v) is 10.3. The third kappa shape index (κ3) is 4.76. The number of benzene rings is 1. The minimum Gasteiger partial charge on any atom is -0.378 e. The van der Waals surface area contributed by atoms with Crippen molar-refractivity contribution >= 4 is 39.8 Å². The second-order valence-electron chi connectivity index (χ2n) is 6.11. The maximum atomic E-state index is 12.2. The van der Waals surface area contributed by atoms with Gasteiger partial charge in [-0.3, -0.25) is 14.7 Å². The molecule has 0 aliphatic carbocycles. The van der Waals surface area contributed by atoms with Crippen LogP contribution in [0.3, 0.4) is 0 Å². The molecule has 1 aromatic carbocycles. The van der Waals surface area contributed by atoms with Crippen molar-refractivity contribution in [1.29, 1.82) is 0 Å². The molecule has 0 saturated carbocycles. The summed E-state index contributed by atoms with van der Waals surface area (Å²) in [7, 11) is 3.99. The lowest BCUT2D eigenvalue weighted by Gasteiger charge is -2.14. The lowest BCUT2D eigenvalue weighted by Crippen LogP contribution is -2.14. The summed E-state index contributed by atoms with van der Waals surface area (Å²) in [5.41, 5.74) is 2.03. The van der Waals surface area contributed by atoms with Crippen LogP contribution in [-0.2, 0) is 11.3 Å². The molecule has 10 heteroatoms. The van der Waals surface area contributed by atoms with Crippen LogP contribution in [0.2, 0.25) is 0 Å². The lowest BCUT2D eigenvalue weighted by molar-refractivity contribution is -0.113. The van der Waals surface area contributed by atoms with Crippen molar-refractivity contribution in [3.63, 3.8) is 0 Å². The molecule has 2 aromatic heterocycles. The summed E-state index contributed by atoms with van der Waals surface area (Å²) in [6, 6.07) is 8.08. The van der Waals surface area contributed by atoms with Crippen LogP contribution in [0, 0.1) is 6.92 Å². The zero-order chi connectivity index (χ0) is 20.1. The SMILES string of the molecule is C=CCn1c(SCC(=O)Nc2nnc(C)s2)nnc1-c1cccc(N(C)C)c1. The molecule has 0 saturated heterocycles. The van der Waals surface area contributed by atoms with E-state index in [9.17, 15) is 4.79 Å². The predicted molar refractivity (Wildman–Crippen MR) is 114 cm³/mol. The molecular formula is C18H21N7OS2. The highest BCUT2D eigenvalue weighted by molar-refractivity contribution is 7.99. The van der Waals surface area contributed by atoms with E-state index < -0.39 is 0 Å². The molecule has 3 aromatic rings. The van der Waals surface area contributed by atoms with Gasteiger partial charge in [0.1, 0.15) is 5.01 Å². The molecule has 0 unspecified atom stereocenters. The third-order valence-electron chi connectivity index (χ3n) is 3.75. The van der Waals surface area contributed by atoms with Crippen LogP contribution in [0.15, 0.2) is 42.1 Å². The van der Waals surface area contributed by atoms with Crippen LogP contribution in [0.5, 0.6) is 0 Å². The fourth-order valence-corrected chi connectivity index (χ4v) is 3.81. The van der Waals surface area contributed by atoms with Gasteiger partial charge < -0.3 is 4.90 Å². The van der Waals surface area contributed by atoms with Crippen molar-refractivity contribution in [2.45, 2.75) is 18.6 Å². The van der Waals surface area contributed by atoms with Gasteiger partial charge in [-0.05, 0) is 19.1 Å². The molecule has 28 heavy (non-hydrogen) atoms. The van der Waals surface area contributed by atoms with Crippen LogP contribution in [0.1, 0.15) is 5.01 Å². The summed E-state index contributed by atoms with van der Waals surface area (Å²) < 4.78 is 1.95. The van der Waals surface area contributed by atoms with E-state index in [0.717, 1.165) is 22.1 Å². The van der Waals surface area contributed by atoms with Gasteiger partial charge in [0.05, 0.1) is 5.75 Å². The minimum absolute atomic E-state index is 0.162. The highest BCUT2D eigenvalue weighted by Crippen LogP contribution is 2.27. The number of thioether (sulfide) groups is 1. The topological polar surface area (TPSA) is 88.8 Å². The number of nitrogens with zero attached hydrogens (tertiary/aromatic N) is 6. The monoisotopic (exact) mass is 415 g/mol. The van der Waals surface area contributed by atoms with Gasteiger partial charge in [0.15, 0.2) is 11.0 Å².